The van der Waals surface area contributed by atoms with Crippen LogP contribution in [-0.4, -0.2) is 17.6 Å². The quantitative estimate of drug-likeness (QED) is 0.777. The van der Waals surface area contributed by atoms with E-state index in [4.69, 9.17) is 0 Å². The van der Waals surface area contributed by atoms with E-state index in [-0.39, 0.29) is 0 Å². The standard InChI is InChI=1S/C14H18N2/c1-4-12-9-14(13(12)5-1)16-8-6-11-3-2-7-15-10-11/h1-3,5,7,10,12-14,16H,4,6,8-9H2. The number of hydrogen-bond donors (Lipinski definition) is 1. The fourth-order valence-corrected chi connectivity index (χ4v) is 2.90. The van der Waals surface area contributed by atoms with Gasteiger partial charge in [-0.1, -0.05) is 18.2 Å². The van der Waals surface area contributed by atoms with E-state index in [1.807, 2.05) is 18.5 Å². The maximum absolute atomic E-state index is 4.13. The van der Waals surface area contributed by atoms with Crippen molar-refractivity contribution >= 4 is 0 Å². The van der Waals surface area contributed by atoms with E-state index in [2.05, 4.69) is 28.5 Å². The summed E-state index contributed by atoms with van der Waals surface area (Å²) in [7, 11) is 0. The average Bonchev–Trinajstić information content (AvgIpc) is 2.67. The zero-order valence-electron chi connectivity index (χ0n) is 9.47. The minimum Gasteiger partial charge on any atom is -0.313 e. The van der Waals surface area contributed by atoms with Gasteiger partial charge in [-0.3, -0.25) is 4.98 Å². The number of nitrogens with zero attached hydrogens (tertiary/aromatic N) is 1. The van der Waals surface area contributed by atoms with E-state index >= 15 is 0 Å². The summed E-state index contributed by atoms with van der Waals surface area (Å²) in [5.41, 5.74) is 1.33. The molecule has 2 aliphatic carbocycles. The van der Waals surface area contributed by atoms with Crippen LogP contribution in [0.1, 0.15) is 18.4 Å². The molecule has 3 rings (SSSR count). The van der Waals surface area contributed by atoms with E-state index in [0.717, 1.165) is 30.8 Å². The smallest absolute Gasteiger partial charge is 0.0300 e. The van der Waals surface area contributed by atoms with Crippen LogP contribution in [0.5, 0.6) is 0 Å². The number of rotatable bonds is 4. The Morgan fingerprint density at radius 3 is 3.25 bits per heavy atom. The number of nitrogens with one attached hydrogen (secondary N) is 1. The first kappa shape index (κ1) is 10.0. The van der Waals surface area contributed by atoms with Gasteiger partial charge in [-0.2, -0.15) is 0 Å². The van der Waals surface area contributed by atoms with Crippen LogP contribution < -0.4 is 5.32 Å². The third kappa shape index (κ3) is 1.90. The molecule has 3 unspecified atom stereocenters. The van der Waals surface area contributed by atoms with E-state index in [0.29, 0.717) is 0 Å². The molecule has 1 aromatic heterocycles. The Labute approximate surface area is 96.8 Å². The molecule has 1 N–H and O–H groups in total. The Hall–Kier alpha value is -1.15. The predicted molar refractivity (Wildman–Crippen MR) is 65.1 cm³/mol. The second-order valence-corrected chi connectivity index (χ2v) is 4.91. The third-order valence-corrected chi connectivity index (χ3v) is 3.91. The van der Waals surface area contributed by atoms with Crippen molar-refractivity contribution in [2.24, 2.45) is 11.8 Å². The Bertz CT molecular complexity index is 372. The Morgan fingerprint density at radius 1 is 1.44 bits per heavy atom. The van der Waals surface area contributed by atoms with E-state index in [1.165, 1.54) is 18.4 Å². The molecule has 0 radical (unpaired) electrons. The molecule has 2 nitrogen and oxygen atoms in total. The summed E-state index contributed by atoms with van der Waals surface area (Å²) in [6.07, 6.45) is 12.3. The highest BCUT2D eigenvalue weighted by molar-refractivity contribution is 5.13. The first-order valence-electron chi connectivity index (χ1n) is 6.22. The molecule has 3 atom stereocenters. The summed E-state index contributed by atoms with van der Waals surface area (Å²) in [4.78, 5) is 4.13. The number of pyridine rings is 1. The molecule has 2 heteroatoms. The van der Waals surface area contributed by atoms with Crippen molar-refractivity contribution in [3.05, 3.63) is 42.2 Å². The lowest BCUT2D eigenvalue weighted by Gasteiger charge is -2.40. The van der Waals surface area contributed by atoms with Crippen molar-refractivity contribution in [1.82, 2.24) is 10.3 Å². The molecule has 0 amide bonds. The SMILES string of the molecule is C1=CC2C(C1)CC2NCCc1cccnc1. The maximum atomic E-state index is 4.13. The van der Waals surface area contributed by atoms with Gasteiger partial charge < -0.3 is 5.32 Å². The molecule has 1 heterocycles. The summed E-state index contributed by atoms with van der Waals surface area (Å²) in [5, 5.41) is 3.66. The Kier molecular flexibility index (Phi) is 2.75. The molecule has 1 aromatic rings. The van der Waals surface area contributed by atoms with Crippen LogP contribution in [0.15, 0.2) is 36.7 Å². The molecule has 2 aliphatic rings. The van der Waals surface area contributed by atoms with Gasteiger partial charge in [-0.25, -0.2) is 0 Å². The molecule has 0 saturated heterocycles. The van der Waals surface area contributed by atoms with Crippen molar-refractivity contribution in [3.8, 4) is 0 Å². The lowest BCUT2D eigenvalue weighted by atomic mass is 9.71. The molecule has 0 bridgehead atoms. The van der Waals surface area contributed by atoms with Gasteiger partial charge >= 0.3 is 0 Å². The monoisotopic (exact) mass is 214 g/mol. The maximum Gasteiger partial charge on any atom is 0.0300 e. The van der Waals surface area contributed by atoms with Crippen LogP contribution in [0.25, 0.3) is 0 Å². The van der Waals surface area contributed by atoms with Crippen molar-refractivity contribution < 1.29 is 0 Å². The zero-order chi connectivity index (χ0) is 10.8. The zero-order valence-corrected chi connectivity index (χ0v) is 9.47. The fraction of sp³-hybridized carbons (Fsp3) is 0.500. The van der Waals surface area contributed by atoms with Crippen molar-refractivity contribution in [2.75, 3.05) is 6.54 Å². The number of hydrogen-bond acceptors (Lipinski definition) is 2. The molecule has 1 fully saturated rings. The molecule has 0 spiro atoms. The molecule has 0 aliphatic heterocycles. The Morgan fingerprint density at radius 2 is 2.44 bits per heavy atom. The van der Waals surface area contributed by atoms with Crippen LogP contribution in [0, 0.1) is 11.8 Å². The van der Waals surface area contributed by atoms with Crippen LogP contribution in [-0.2, 0) is 6.42 Å². The highest BCUT2D eigenvalue weighted by Gasteiger charge is 2.40. The summed E-state index contributed by atoms with van der Waals surface area (Å²) >= 11 is 0. The summed E-state index contributed by atoms with van der Waals surface area (Å²) in [5.74, 6) is 1.78. The lowest BCUT2D eigenvalue weighted by molar-refractivity contribution is 0.164. The van der Waals surface area contributed by atoms with Gasteiger partial charge in [-0.05, 0) is 49.3 Å². The number of allylic oxidation sites excluding steroid dienone is 1. The first-order chi connectivity index (χ1) is 7.93. The summed E-state index contributed by atoms with van der Waals surface area (Å²) in [6.45, 7) is 1.08. The second kappa shape index (κ2) is 4.38. The average molecular weight is 214 g/mol. The Balaban J connectivity index is 1.43. The largest absolute Gasteiger partial charge is 0.313 e. The van der Waals surface area contributed by atoms with Gasteiger partial charge in [0, 0.05) is 18.4 Å². The van der Waals surface area contributed by atoms with Crippen molar-refractivity contribution in [3.63, 3.8) is 0 Å². The normalized spacial score (nSPS) is 31.1. The van der Waals surface area contributed by atoms with Crippen LogP contribution in [0.2, 0.25) is 0 Å². The molecule has 0 aromatic carbocycles. The molecular weight excluding hydrogens is 196 g/mol. The topological polar surface area (TPSA) is 24.9 Å². The minimum atomic E-state index is 0.737. The van der Waals surface area contributed by atoms with Gasteiger partial charge in [0.1, 0.15) is 0 Å². The molecule has 84 valence electrons. The number of fused-ring (bicyclic) bond motifs is 1. The highest BCUT2D eigenvalue weighted by Crippen LogP contribution is 2.42. The molecule has 1 saturated carbocycles. The predicted octanol–water partition coefficient (Wildman–Crippen LogP) is 2.18. The van der Waals surface area contributed by atoms with E-state index in [9.17, 15) is 0 Å². The van der Waals surface area contributed by atoms with Gasteiger partial charge in [0.2, 0.25) is 0 Å². The minimum absolute atomic E-state index is 0.737. The summed E-state index contributed by atoms with van der Waals surface area (Å²) < 4.78 is 0. The van der Waals surface area contributed by atoms with Gasteiger partial charge in [0.15, 0.2) is 0 Å². The van der Waals surface area contributed by atoms with Crippen LogP contribution in [0.4, 0.5) is 0 Å². The highest BCUT2D eigenvalue weighted by atomic mass is 14.9. The van der Waals surface area contributed by atoms with Crippen molar-refractivity contribution in [2.45, 2.75) is 25.3 Å². The number of aromatic nitrogens is 1. The lowest BCUT2D eigenvalue weighted by Crippen LogP contribution is -2.48. The van der Waals surface area contributed by atoms with Gasteiger partial charge in [-0.15, -0.1) is 0 Å². The second-order valence-electron chi connectivity index (χ2n) is 4.91. The molecular formula is C14H18N2. The van der Waals surface area contributed by atoms with Gasteiger partial charge in [0.25, 0.3) is 0 Å². The van der Waals surface area contributed by atoms with Crippen LogP contribution in [0.3, 0.4) is 0 Å². The van der Waals surface area contributed by atoms with E-state index < -0.39 is 0 Å². The third-order valence-electron chi connectivity index (χ3n) is 3.91. The van der Waals surface area contributed by atoms with E-state index in [1.54, 1.807) is 0 Å². The first-order valence-corrected chi connectivity index (χ1v) is 6.22. The molecule has 16 heavy (non-hydrogen) atoms. The fourth-order valence-electron chi connectivity index (χ4n) is 2.90. The summed E-state index contributed by atoms with van der Waals surface area (Å²) in [6, 6.07) is 4.89. The van der Waals surface area contributed by atoms with Crippen molar-refractivity contribution in [1.29, 1.82) is 0 Å². The van der Waals surface area contributed by atoms with Crippen LogP contribution >= 0.6 is 0 Å². The van der Waals surface area contributed by atoms with Gasteiger partial charge in [0.05, 0.1) is 0 Å².